The van der Waals surface area contributed by atoms with Crippen molar-refractivity contribution in [2.75, 3.05) is 42.0 Å². The Hall–Kier alpha value is -6.84. The highest BCUT2D eigenvalue weighted by molar-refractivity contribution is 7.94. The Kier molecular flexibility index (Phi) is 23.1. The maximum Gasteiger partial charge on any atom is 0.516 e. The average molecular weight is 1450 g/mol. The second-order valence-electron chi connectivity index (χ2n) is 23.0. The highest BCUT2D eigenvalue weighted by Crippen LogP contribution is 2.48. The molecular weight excluding hydrogens is 1380 g/mol. The fourth-order valence-corrected chi connectivity index (χ4v) is 15.7. The molecule has 39 heteroatoms. The lowest BCUT2D eigenvalue weighted by Crippen LogP contribution is -2.50. The lowest BCUT2D eigenvalue weighted by atomic mass is 9.79. The van der Waals surface area contributed by atoms with E-state index >= 15 is 0 Å². The number of fused-ring (bicyclic) bond motifs is 3. The zero-order valence-corrected chi connectivity index (χ0v) is 56.8. The van der Waals surface area contributed by atoms with E-state index in [0.717, 1.165) is 39.6 Å². The molecule has 5 atom stereocenters. The number of halogens is 9. The molecule has 6 aromatic rings. The van der Waals surface area contributed by atoms with Gasteiger partial charge in [-0.25, -0.2) is 0 Å². The summed E-state index contributed by atoms with van der Waals surface area (Å²) in [5.41, 5.74) is -11.0. The minimum absolute atomic E-state index is 0.00399. The molecule has 0 spiro atoms. The Bertz CT molecular complexity index is 4030. The van der Waals surface area contributed by atoms with Gasteiger partial charge in [0, 0.05) is 54.3 Å². The van der Waals surface area contributed by atoms with Crippen LogP contribution in [0.4, 0.5) is 106 Å². The van der Waals surface area contributed by atoms with Crippen molar-refractivity contribution in [3.63, 3.8) is 0 Å². The third-order valence-corrected chi connectivity index (χ3v) is 22.3. The molecule has 6 heterocycles. The molecular formula is C56H69F9N18O6S6. The number of benzene rings is 3. The number of alkyl halides is 9. The van der Waals surface area contributed by atoms with Crippen molar-refractivity contribution in [3.8, 4) is 0 Å². The number of aromatic nitrogens is 6. The van der Waals surface area contributed by atoms with Crippen LogP contribution in [0.3, 0.4) is 0 Å². The standard InChI is InChI=1S/C56H69F9N18O6S6/c1-6-38(7-2)83-47(10-5)34(23-37-26-42(71-77-53-74-68-32-92-53)45(29-50(37)83)80-95(88,89)56(63,64)65)16-12-11-14-21-82-46(9-4)33(22-36-25-41(70-76-52-73-67-31-91-52)44(28-49(36)82)79-94(86,87)55(60,61)62)17-13-15-20-81-39(8-3)19-18-35-24-40(69-75-51-72-66-30-90-51)43(27-48(35)81)78-93(84,85)54(57,58)59/h24-34,38-39,46-47,78-80H,6-23H2,1-5H3. The summed E-state index contributed by atoms with van der Waals surface area (Å²) in [6, 6.07) is 8.20. The van der Waals surface area contributed by atoms with E-state index in [-0.39, 0.29) is 68.5 Å². The lowest BCUT2D eigenvalue weighted by Gasteiger charge is -2.48. The number of aryl methyl sites for hydroxylation is 1. The van der Waals surface area contributed by atoms with Crippen LogP contribution in [0.25, 0.3) is 0 Å². The molecule has 0 saturated heterocycles. The van der Waals surface area contributed by atoms with E-state index in [0.29, 0.717) is 144 Å². The Balaban J connectivity index is 0.988. The van der Waals surface area contributed by atoms with Crippen LogP contribution >= 0.6 is 34.0 Å². The Morgan fingerprint density at radius 2 is 0.884 bits per heavy atom. The Morgan fingerprint density at radius 3 is 1.29 bits per heavy atom. The second-order valence-corrected chi connectivity index (χ2v) is 30.5. The van der Waals surface area contributed by atoms with Crippen LogP contribution in [0, 0.1) is 11.8 Å². The first-order valence-corrected chi connectivity index (χ1v) is 37.7. The van der Waals surface area contributed by atoms with Crippen molar-refractivity contribution < 1.29 is 64.8 Å². The number of hydrogen-bond donors (Lipinski definition) is 3. The van der Waals surface area contributed by atoms with Gasteiger partial charge in [-0.3, -0.25) is 14.2 Å². The highest BCUT2D eigenvalue weighted by Gasteiger charge is 2.49. The minimum atomic E-state index is -5.98. The third kappa shape index (κ3) is 16.9. The summed E-state index contributed by atoms with van der Waals surface area (Å²) in [6.45, 7) is 10.8. The van der Waals surface area contributed by atoms with Gasteiger partial charge in [0.25, 0.3) is 15.4 Å². The van der Waals surface area contributed by atoms with Gasteiger partial charge in [0.1, 0.15) is 33.6 Å². The summed E-state index contributed by atoms with van der Waals surface area (Å²) in [5, 5.41) is 47.4. The largest absolute Gasteiger partial charge is 0.516 e. The summed E-state index contributed by atoms with van der Waals surface area (Å²) in [4.78, 5) is 6.38. The van der Waals surface area contributed by atoms with E-state index in [1.807, 2.05) is 34.6 Å². The third-order valence-electron chi connectivity index (χ3n) is 17.2. The summed E-state index contributed by atoms with van der Waals surface area (Å²) < 4.78 is 207. The van der Waals surface area contributed by atoms with Crippen molar-refractivity contribution in [1.82, 2.24) is 30.6 Å². The normalized spacial score (nSPS) is 19.1. The summed E-state index contributed by atoms with van der Waals surface area (Å²) >= 11 is 3.02. The van der Waals surface area contributed by atoms with E-state index in [1.165, 1.54) is 46.9 Å². The van der Waals surface area contributed by atoms with Crippen LogP contribution in [-0.4, -0.2) is 110 Å². The molecule has 518 valence electrons. The first-order valence-electron chi connectivity index (χ1n) is 30.6. The predicted molar refractivity (Wildman–Crippen MR) is 346 cm³/mol. The molecule has 3 aliphatic rings. The maximum atomic E-state index is 14.1. The monoisotopic (exact) mass is 1450 g/mol. The van der Waals surface area contributed by atoms with Gasteiger partial charge in [-0.1, -0.05) is 87.9 Å². The van der Waals surface area contributed by atoms with Crippen molar-refractivity contribution >= 4 is 131 Å². The molecule has 3 aromatic carbocycles. The first-order chi connectivity index (χ1) is 45.0. The summed E-state index contributed by atoms with van der Waals surface area (Å²) in [5.74, 6) is -0.0931. The van der Waals surface area contributed by atoms with Gasteiger partial charge in [-0.2, -0.15) is 64.8 Å². The first kappa shape index (κ1) is 72.4. The van der Waals surface area contributed by atoms with Crippen LogP contribution in [0.2, 0.25) is 0 Å². The van der Waals surface area contributed by atoms with Crippen LogP contribution < -0.4 is 28.9 Å². The van der Waals surface area contributed by atoms with Crippen molar-refractivity contribution in [1.29, 1.82) is 0 Å². The molecule has 95 heavy (non-hydrogen) atoms. The molecule has 0 bridgehead atoms. The van der Waals surface area contributed by atoms with E-state index in [2.05, 4.69) is 76.0 Å². The number of unbranched alkanes of at least 4 members (excludes halogenated alkanes) is 3. The van der Waals surface area contributed by atoms with Gasteiger partial charge in [-0.15, -0.1) is 61.3 Å². The number of nitrogens with one attached hydrogen (secondary N) is 3. The van der Waals surface area contributed by atoms with Crippen molar-refractivity contribution in [2.45, 2.75) is 178 Å². The van der Waals surface area contributed by atoms with Crippen molar-refractivity contribution in [2.24, 2.45) is 42.5 Å². The molecule has 3 aromatic heterocycles. The molecule has 0 radical (unpaired) electrons. The zero-order chi connectivity index (χ0) is 68.7. The SMILES string of the molecule is CCC1CCc2cc(N=Nc3nncs3)c(NS(=O)(=O)C(F)(F)F)cc2N1CCCCC1Cc2cc(N=Nc3nncs3)c(NS(=O)(=O)C(F)(F)F)cc2N(CCCCCC2Cc3cc(N=Nc4nncs4)c(NS(=O)(=O)C(F)(F)F)cc3N(C(CC)CC)C2CC)C1CC. The van der Waals surface area contributed by atoms with Crippen LogP contribution in [0.15, 0.2) is 83.6 Å². The summed E-state index contributed by atoms with van der Waals surface area (Å²) in [7, 11) is -17.8. The van der Waals surface area contributed by atoms with Crippen LogP contribution in [0.5, 0.6) is 0 Å². The molecule has 5 unspecified atom stereocenters. The number of sulfonamides is 3. The number of rotatable bonds is 29. The van der Waals surface area contributed by atoms with Crippen molar-refractivity contribution in [3.05, 3.63) is 69.6 Å². The fourth-order valence-electron chi connectivity index (χ4n) is 12.9. The number of nitrogens with zero attached hydrogens (tertiary/aromatic N) is 15. The molecule has 0 fully saturated rings. The lowest BCUT2D eigenvalue weighted by molar-refractivity contribution is -0.0435. The molecule has 0 aliphatic carbocycles. The van der Waals surface area contributed by atoms with Gasteiger partial charge in [0.05, 0.1) is 17.1 Å². The zero-order valence-electron chi connectivity index (χ0n) is 51.9. The molecule has 24 nitrogen and oxygen atoms in total. The number of azo groups is 3. The van der Waals surface area contributed by atoms with Crippen LogP contribution in [-0.2, 0) is 49.3 Å². The number of anilines is 6. The van der Waals surface area contributed by atoms with E-state index < -0.39 is 63.7 Å². The predicted octanol–water partition coefficient (Wildman–Crippen LogP) is 16.6. The molecule has 9 rings (SSSR count). The molecule has 3 aliphatic heterocycles. The van der Waals surface area contributed by atoms with Gasteiger partial charge in [-0.05, 0) is 148 Å². The second kappa shape index (κ2) is 30.3. The summed E-state index contributed by atoms with van der Waals surface area (Å²) in [6.07, 6.45) is 9.63. The molecule has 0 saturated carbocycles. The Morgan fingerprint density at radius 1 is 0.495 bits per heavy atom. The van der Waals surface area contributed by atoms with Gasteiger partial charge < -0.3 is 14.7 Å². The molecule has 3 N–H and O–H groups in total. The van der Waals surface area contributed by atoms with Crippen LogP contribution in [0.1, 0.15) is 135 Å². The van der Waals surface area contributed by atoms with Gasteiger partial charge in [0.2, 0.25) is 0 Å². The number of hydrogen-bond acceptors (Lipinski definition) is 24. The smallest absolute Gasteiger partial charge is 0.368 e. The topological polar surface area (TPSA) is 300 Å². The fraction of sp³-hybridized carbons (Fsp3) is 0.571. The Labute approximate surface area is 555 Å². The minimum Gasteiger partial charge on any atom is -0.368 e. The highest BCUT2D eigenvalue weighted by atomic mass is 32.2. The van der Waals surface area contributed by atoms with Gasteiger partial charge >= 0.3 is 46.6 Å². The van der Waals surface area contributed by atoms with E-state index in [4.69, 9.17) is 0 Å². The van der Waals surface area contributed by atoms with E-state index in [9.17, 15) is 64.8 Å². The van der Waals surface area contributed by atoms with Gasteiger partial charge in [0.15, 0.2) is 0 Å². The molecule has 0 amide bonds. The van der Waals surface area contributed by atoms with E-state index in [1.54, 1.807) is 20.2 Å². The maximum absolute atomic E-state index is 14.1. The quantitative estimate of drug-likeness (QED) is 0.0223. The average Bonchev–Trinajstić information content (AvgIpc) is 1.01.